The van der Waals surface area contributed by atoms with E-state index in [1.165, 1.54) is 30.5 Å². The predicted octanol–water partition coefficient (Wildman–Crippen LogP) is 2.68. The summed E-state index contributed by atoms with van der Waals surface area (Å²) in [5, 5.41) is 26.0. The number of imidazole rings is 1. The van der Waals surface area contributed by atoms with Crippen LogP contribution in [0.25, 0.3) is 5.65 Å². The summed E-state index contributed by atoms with van der Waals surface area (Å²) in [4.78, 5) is 37.2. The lowest BCUT2D eigenvalue weighted by atomic mass is 10.2. The molecule has 3 rings (SSSR count). The molecule has 0 atom stereocenters. The largest absolute Gasteiger partial charge is 0.361 e. The second kappa shape index (κ2) is 7.29. The molecular formula is C15H9BrN6O5. The maximum atomic E-state index is 12.3. The number of nitrogens with one attached hydrogen (secondary N) is 1. The molecule has 0 radical (unpaired) electrons. The monoisotopic (exact) mass is 432 g/mol. The molecule has 11 nitrogen and oxygen atoms in total. The summed E-state index contributed by atoms with van der Waals surface area (Å²) in [6, 6.07) is 8.92. The number of nitro groups is 2. The van der Waals surface area contributed by atoms with Crippen molar-refractivity contribution in [1.82, 2.24) is 14.8 Å². The quantitative estimate of drug-likeness (QED) is 0.372. The third kappa shape index (κ3) is 3.64. The number of rotatable bonds is 5. The number of hydrogen-bond acceptors (Lipinski definition) is 7. The van der Waals surface area contributed by atoms with Crippen molar-refractivity contribution in [2.45, 2.75) is 0 Å². The predicted molar refractivity (Wildman–Crippen MR) is 97.7 cm³/mol. The Balaban J connectivity index is 1.90. The highest BCUT2D eigenvalue weighted by Crippen LogP contribution is 2.23. The number of benzene rings is 1. The van der Waals surface area contributed by atoms with Crippen molar-refractivity contribution in [2.75, 3.05) is 0 Å². The number of hydrazone groups is 1. The third-order valence-electron chi connectivity index (χ3n) is 3.45. The van der Waals surface area contributed by atoms with E-state index in [9.17, 15) is 25.0 Å². The zero-order valence-corrected chi connectivity index (χ0v) is 14.9. The van der Waals surface area contributed by atoms with E-state index in [-0.39, 0.29) is 16.9 Å². The SMILES string of the molecule is O=C(N/N=C/c1ccccc1[N+](=O)[O-])c1nc2ccc(Br)cn2c1[N+](=O)[O-]. The van der Waals surface area contributed by atoms with Crippen LogP contribution in [-0.4, -0.2) is 31.4 Å². The van der Waals surface area contributed by atoms with Gasteiger partial charge >= 0.3 is 5.82 Å². The molecule has 27 heavy (non-hydrogen) atoms. The van der Waals surface area contributed by atoms with Crippen LogP contribution in [0.1, 0.15) is 16.1 Å². The van der Waals surface area contributed by atoms with Crippen LogP contribution in [0.5, 0.6) is 0 Å². The summed E-state index contributed by atoms with van der Waals surface area (Å²) in [7, 11) is 0. The van der Waals surface area contributed by atoms with E-state index in [2.05, 4.69) is 31.4 Å². The molecule has 1 aromatic carbocycles. The summed E-state index contributed by atoms with van der Waals surface area (Å²) in [6.07, 6.45) is 2.49. The Morgan fingerprint density at radius 2 is 1.93 bits per heavy atom. The van der Waals surface area contributed by atoms with Gasteiger partial charge in [0.15, 0.2) is 0 Å². The number of nitrogens with zero attached hydrogens (tertiary/aromatic N) is 5. The molecule has 0 bridgehead atoms. The Morgan fingerprint density at radius 1 is 1.19 bits per heavy atom. The van der Waals surface area contributed by atoms with E-state index in [0.29, 0.717) is 4.47 Å². The molecule has 2 aromatic heterocycles. The molecule has 12 heteroatoms. The molecular weight excluding hydrogens is 424 g/mol. The van der Waals surface area contributed by atoms with Gasteiger partial charge in [0.2, 0.25) is 11.3 Å². The van der Waals surface area contributed by atoms with Crippen LogP contribution in [0.2, 0.25) is 0 Å². The number of aromatic nitrogens is 2. The van der Waals surface area contributed by atoms with Gasteiger partial charge in [0, 0.05) is 12.1 Å². The van der Waals surface area contributed by atoms with E-state index in [4.69, 9.17) is 0 Å². The van der Waals surface area contributed by atoms with Crippen LogP contribution < -0.4 is 5.43 Å². The average molecular weight is 433 g/mol. The van der Waals surface area contributed by atoms with Crippen LogP contribution in [0.15, 0.2) is 52.2 Å². The van der Waals surface area contributed by atoms with Gasteiger partial charge in [-0.15, -0.1) is 0 Å². The van der Waals surface area contributed by atoms with Gasteiger partial charge in [0.05, 0.1) is 21.2 Å². The molecule has 0 saturated heterocycles. The summed E-state index contributed by atoms with van der Waals surface area (Å²) in [5.41, 5.74) is 1.84. The Hall–Kier alpha value is -3.67. The molecule has 1 amide bonds. The fourth-order valence-electron chi connectivity index (χ4n) is 2.31. The van der Waals surface area contributed by atoms with Crippen LogP contribution in [0.4, 0.5) is 11.5 Å². The lowest BCUT2D eigenvalue weighted by molar-refractivity contribution is -0.390. The van der Waals surface area contributed by atoms with E-state index in [0.717, 1.165) is 10.6 Å². The van der Waals surface area contributed by atoms with Crippen molar-refractivity contribution in [3.8, 4) is 0 Å². The van der Waals surface area contributed by atoms with Crippen LogP contribution >= 0.6 is 15.9 Å². The normalized spacial score (nSPS) is 11.0. The fraction of sp³-hybridized carbons (Fsp3) is 0. The first-order chi connectivity index (χ1) is 12.9. The number of para-hydroxylation sites is 1. The average Bonchev–Trinajstić information content (AvgIpc) is 3.00. The minimum atomic E-state index is -0.920. The van der Waals surface area contributed by atoms with Gasteiger partial charge in [-0.1, -0.05) is 12.1 Å². The van der Waals surface area contributed by atoms with Crippen molar-refractivity contribution in [1.29, 1.82) is 0 Å². The molecule has 0 aliphatic rings. The van der Waals surface area contributed by atoms with Crippen molar-refractivity contribution in [2.24, 2.45) is 5.10 Å². The topological polar surface area (TPSA) is 145 Å². The number of carbonyl (C=O) groups excluding carboxylic acids is 1. The zero-order valence-electron chi connectivity index (χ0n) is 13.3. The highest BCUT2D eigenvalue weighted by molar-refractivity contribution is 9.10. The summed E-state index contributed by atoms with van der Waals surface area (Å²) in [6.45, 7) is 0. The molecule has 1 N–H and O–H groups in total. The summed E-state index contributed by atoms with van der Waals surface area (Å²) < 4.78 is 1.72. The van der Waals surface area contributed by atoms with Gasteiger partial charge in [-0.2, -0.15) is 14.5 Å². The third-order valence-corrected chi connectivity index (χ3v) is 3.92. The van der Waals surface area contributed by atoms with Gasteiger partial charge in [-0.3, -0.25) is 14.9 Å². The van der Waals surface area contributed by atoms with E-state index in [1.54, 1.807) is 12.1 Å². The Kier molecular flexibility index (Phi) is 4.90. The van der Waals surface area contributed by atoms with Crippen molar-refractivity contribution >= 4 is 45.2 Å². The molecule has 0 aliphatic carbocycles. The number of fused-ring (bicyclic) bond motifs is 1. The lowest BCUT2D eigenvalue weighted by Gasteiger charge is -1.99. The first-order valence-corrected chi connectivity index (χ1v) is 8.06. The number of amides is 1. The highest BCUT2D eigenvalue weighted by Gasteiger charge is 2.28. The fourth-order valence-corrected chi connectivity index (χ4v) is 2.65. The molecule has 0 saturated carbocycles. The van der Waals surface area contributed by atoms with E-state index >= 15 is 0 Å². The van der Waals surface area contributed by atoms with Gasteiger partial charge < -0.3 is 10.1 Å². The first-order valence-electron chi connectivity index (χ1n) is 7.27. The Bertz CT molecular complexity index is 1110. The maximum absolute atomic E-state index is 12.3. The van der Waals surface area contributed by atoms with E-state index < -0.39 is 27.3 Å². The Morgan fingerprint density at radius 3 is 2.63 bits per heavy atom. The molecule has 0 fully saturated rings. The number of halogens is 1. The van der Waals surface area contributed by atoms with Crippen LogP contribution in [-0.2, 0) is 0 Å². The standard InChI is InChI=1S/C15H9BrN6O5/c16-10-5-6-12-18-13(15(22(26)27)20(12)8-10)14(23)19-17-7-9-3-1-2-4-11(9)21(24)25/h1-8H,(H,19,23)/b17-7+. The minimum absolute atomic E-state index is 0.163. The number of nitro benzene ring substituents is 1. The smallest absolute Gasteiger partial charge is 0.358 e. The molecule has 2 heterocycles. The number of pyridine rings is 1. The summed E-state index contributed by atoms with van der Waals surface area (Å²) >= 11 is 3.20. The van der Waals surface area contributed by atoms with E-state index in [1.807, 2.05) is 0 Å². The number of carbonyl (C=O) groups is 1. The van der Waals surface area contributed by atoms with Crippen molar-refractivity contribution in [3.63, 3.8) is 0 Å². The molecule has 3 aromatic rings. The van der Waals surface area contributed by atoms with Crippen molar-refractivity contribution < 1.29 is 14.6 Å². The van der Waals surface area contributed by atoms with Gasteiger partial charge in [-0.25, -0.2) is 5.43 Å². The highest BCUT2D eigenvalue weighted by atomic mass is 79.9. The van der Waals surface area contributed by atoms with Gasteiger partial charge in [0.25, 0.3) is 11.6 Å². The molecule has 0 spiro atoms. The lowest BCUT2D eigenvalue weighted by Crippen LogP contribution is -2.19. The van der Waals surface area contributed by atoms with Crippen LogP contribution in [0, 0.1) is 20.2 Å². The molecule has 0 unspecified atom stereocenters. The van der Waals surface area contributed by atoms with Crippen LogP contribution in [0.3, 0.4) is 0 Å². The molecule has 136 valence electrons. The number of hydrogen-bond donors (Lipinski definition) is 1. The first kappa shape index (κ1) is 18.1. The van der Waals surface area contributed by atoms with Crippen molar-refractivity contribution in [3.05, 3.63) is 78.6 Å². The maximum Gasteiger partial charge on any atom is 0.361 e. The summed E-state index contributed by atoms with van der Waals surface area (Å²) in [5.74, 6) is -1.44. The van der Waals surface area contributed by atoms with Gasteiger partial charge in [0.1, 0.15) is 6.20 Å². The zero-order chi connectivity index (χ0) is 19.6. The Labute approximate surface area is 158 Å². The minimum Gasteiger partial charge on any atom is -0.358 e. The van der Waals surface area contributed by atoms with Gasteiger partial charge in [-0.05, 0) is 33.0 Å². The molecule has 0 aliphatic heterocycles. The second-order valence-electron chi connectivity index (χ2n) is 5.13. The second-order valence-corrected chi connectivity index (χ2v) is 6.05.